The Balaban J connectivity index is 3.29. The van der Waals surface area contributed by atoms with Gasteiger partial charge in [0.15, 0.2) is 11.5 Å². The third-order valence-corrected chi connectivity index (χ3v) is 4.22. The van der Waals surface area contributed by atoms with Gasteiger partial charge in [-0.2, -0.15) is 0 Å². The molecule has 0 aliphatic carbocycles. The molecular weight excluding hydrogens is 288 g/mol. The van der Waals surface area contributed by atoms with Crippen LogP contribution in [0.25, 0.3) is 0 Å². The Kier molecular flexibility index (Phi) is 8.90. The molecule has 0 unspecified atom stereocenters. The van der Waals surface area contributed by atoms with Crippen LogP contribution in [-0.2, 0) is 19.3 Å². The fraction of sp³-hybridized carbons (Fsp3) is 0.700. The lowest BCUT2D eigenvalue weighted by Gasteiger charge is -2.22. The van der Waals surface area contributed by atoms with Gasteiger partial charge in [-0.25, -0.2) is 0 Å². The van der Waals surface area contributed by atoms with E-state index in [1.807, 2.05) is 0 Å². The summed E-state index contributed by atoms with van der Waals surface area (Å²) < 4.78 is 5.91. The number of phenolic OH excluding ortho intramolecular Hbond substituents is 2. The molecule has 0 atom stereocenters. The molecule has 0 radical (unpaired) electrons. The molecule has 0 aromatic heterocycles. The first kappa shape index (κ1) is 19.7. The van der Waals surface area contributed by atoms with Gasteiger partial charge in [-0.3, -0.25) is 0 Å². The highest BCUT2D eigenvalue weighted by atomic mass is 16.5. The zero-order valence-corrected chi connectivity index (χ0v) is 15.4. The van der Waals surface area contributed by atoms with E-state index in [-0.39, 0.29) is 11.5 Å². The van der Waals surface area contributed by atoms with Crippen molar-refractivity contribution >= 4 is 0 Å². The number of rotatable bonds is 11. The lowest BCUT2D eigenvalue weighted by atomic mass is 9.90. The number of aromatic hydroxyl groups is 2. The Hall–Kier alpha value is -1.38. The lowest BCUT2D eigenvalue weighted by molar-refractivity contribution is 0.280. The van der Waals surface area contributed by atoms with Crippen molar-refractivity contribution in [1.82, 2.24) is 0 Å². The predicted octanol–water partition coefficient (Wildman–Crippen LogP) is 5.52. The smallest absolute Gasteiger partial charge is 0.201 e. The fourth-order valence-electron chi connectivity index (χ4n) is 3.12. The molecule has 3 heteroatoms. The standard InChI is InChI=1S/C20H34O3/c1-5-9-10-14-23-20-17(13-8-4)15(11-6-2)16(12-7-3)18(21)19(20)22/h21-22H,5-14H2,1-4H3. The quantitative estimate of drug-likeness (QED) is 0.416. The summed E-state index contributed by atoms with van der Waals surface area (Å²) in [4.78, 5) is 0. The number of hydrogen-bond donors (Lipinski definition) is 2. The second kappa shape index (κ2) is 10.4. The van der Waals surface area contributed by atoms with Crippen LogP contribution in [0.5, 0.6) is 17.2 Å². The van der Waals surface area contributed by atoms with Gasteiger partial charge in [0.25, 0.3) is 0 Å². The van der Waals surface area contributed by atoms with Crippen LogP contribution in [0.1, 0.15) is 82.9 Å². The van der Waals surface area contributed by atoms with Crippen molar-refractivity contribution in [2.75, 3.05) is 6.61 Å². The van der Waals surface area contributed by atoms with Crippen molar-refractivity contribution in [2.24, 2.45) is 0 Å². The first-order valence-electron chi connectivity index (χ1n) is 9.33. The second-order valence-electron chi connectivity index (χ2n) is 6.27. The Bertz CT molecular complexity index is 481. The van der Waals surface area contributed by atoms with E-state index in [9.17, 15) is 10.2 Å². The maximum Gasteiger partial charge on any atom is 0.201 e. The Labute approximate surface area is 141 Å². The van der Waals surface area contributed by atoms with E-state index >= 15 is 0 Å². The largest absolute Gasteiger partial charge is 0.504 e. The molecule has 3 nitrogen and oxygen atoms in total. The van der Waals surface area contributed by atoms with Gasteiger partial charge in [-0.1, -0.05) is 59.8 Å². The van der Waals surface area contributed by atoms with E-state index in [1.54, 1.807) is 0 Å². The molecule has 0 aliphatic heterocycles. The molecule has 0 bridgehead atoms. The van der Waals surface area contributed by atoms with Gasteiger partial charge >= 0.3 is 0 Å². The van der Waals surface area contributed by atoms with Crippen LogP contribution in [0.4, 0.5) is 0 Å². The molecule has 23 heavy (non-hydrogen) atoms. The summed E-state index contributed by atoms with van der Waals surface area (Å²) >= 11 is 0. The van der Waals surface area contributed by atoms with Crippen LogP contribution in [0.2, 0.25) is 0 Å². The monoisotopic (exact) mass is 322 g/mol. The number of phenols is 2. The molecule has 0 fully saturated rings. The highest BCUT2D eigenvalue weighted by molar-refractivity contribution is 5.62. The molecule has 132 valence electrons. The molecular formula is C20H34O3. The Morgan fingerprint density at radius 1 is 0.652 bits per heavy atom. The van der Waals surface area contributed by atoms with Gasteiger partial charge in [0.2, 0.25) is 5.75 Å². The highest BCUT2D eigenvalue weighted by Crippen LogP contribution is 2.45. The second-order valence-corrected chi connectivity index (χ2v) is 6.27. The average Bonchev–Trinajstić information content (AvgIpc) is 2.54. The minimum absolute atomic E-state index is 0.0284. The van der Waals surface area contributed by atoms with Gasteiger partial charge in [-0.15, -0.1) is 0 Å². The minimum atomic E-state index is -0.0618. The third kappa shape index (κ3) is 5.05. The van der Waals surface area contributed by atoms with Crippen LogP contribution in [0.3, 0.4) is 0 Å². The summed E-state index contributed by atoms with van der Waals surface area (Å²) in [5.41, 5.74) is 3.21. The molecule has 0 saturated carbocycles. The molecule has 1 aromatic rings. The van der Waals surface area contributed by atoms with E-state index in [2.05, 4.69) is 27.7 Å². The van der Waals surface area contributed by atoms with Gasteiger partial charge in [0, 0.05) is 11.1 Å². The van der Waals surface area contributed by atoms with Crippen LogP contribution >= 0.6 is 0 Å². The average molecular weight is 322 g/mol. The van der Waals surface area contributed by atoms with Gasteiger partial charge < -0.3 is 14.9 Å². The number of unbranched alkanes of at least 4 members (excludes halogenated alkanes) is 2. The van der Waals surface area contributed by atoms with Crippen molar-refractivity contribution in [2.45, 2.75) is 85.5 Å². The van der Waals surface area contributed by atoms with Crippen molar-refractivity contribution < 1.29 is 14.9 Å². The first-order valence-corrected chi connectivity index (χ1v) is 9.33. The van der Waals surface area contributed by atoms with Gasteiger partial charge in [0.1, 0.15) is 0 Å². The maximum atomic E-state index is 10.5. The molecule has 1 rings (SSSR count). The topological polar surface area (TPSA) is 49.7 Å². The molecule has 0 amide bonds. The summed E-state index contributed by atoms with van der Waals surface area (Å²) in [5, 5.41) is 21.0. The van der Waals surface area contributed by atoms with Crippen molar-refractivity contribution in [3.8, 4) is 17.2 Å². The SMILES string of the molecule is CCCCCOc1c(O)c(O)c(CCC)c(CCC)c1CCC. The summed E-state index contributed by atoms with van der Waals surface area (Å²) in [7, 11) is 0. The normalized spacial score (nSPS) is 11.0. The molecule has 0 spiro atoms. The predicted molar refractivity (Wildman–Crippen MR) is 96.8 cm³/mol. The van der Waals surface area contributed by atoms with Gasteiger partial charge in [0.05, 0.1) is 6.61 Å². The van der Waals surface area contributed by atoms with Crippen LogP contribution < -0.4 is 4.74 Å². The summed E-state index contributed by atoms with van der Waals surface area (Å²) in [5.74, 6) is 0.484. The van der Waals surface area contributed by atoms with Crippen molar-refractivity contribution in [1.29, 1.82) is 0 Å². The van der Waals surface area contributed by atoms with E-state index in [1.165, 1.54) is 5.56 Å². The number of hydrogen-bond acceptors (Lipinski definition) is 3. The maximum absolute atomic E-state index is 10.5. The van der Waals surface area contributed by atoms with Crippen molar-refractivity contribution in [3.05, 3.63) is 16.7 Å². The molecule has 2 N–H and O–H groups in total. The van der Waals surface area contributed by atoms with E-state index in [0.717, 1.165) is 68.9 Å². The molecule has 0 heterocycles. The van der Waals surface area contributed by atoms with Crippen molar-refractivity contribution in [3.63, 3.8) is 0 Å². The lowest BCUT2D eigenvalue weighted by Crippen LogP contribution is -2.07. The van der Waals surface area contributed by atoms with Gasteiger partial charge in [-0.05, 0) is 31.2 Å². The van der Waals surface area contributed by atoms with E-state index in [0.29, 0.717) is 12.4 Å². The summed E-state index contributed by atoms with van der Waals surface area (Å²) in [6, 6.07) is 0. The Morgan fingerprint density at radius 3 is 1.78 bits per heavy atom. The third-order valence-electron chi connectivity index (χ3n) is 4.22. The zero-order chi connectivity index (χ0) is 17.2. The first-order chi connectivity index (χ1) is 11.1. The Morgan fingerprint density at radius 2 is 1.22 bits per heavy atom. The molecule has 0 aliphatic rings. The highest BCUT2D eigenvalue weighted by Gasteiger charge is 2.23. The fourth-order valence-corrected chi connectivity index (χ4v) is 3.12. The summed E-state index contributed by atoms with van der Waals surface area (Å²) in [6.45, 7) is 9.14. The zero-order valence-electron chi connectivity index (χ0n) is 15.4. The van der Waals surface area contributed by atoms with Crippen LogP contribution in [0, 0.1) is 0 Å². The minimum Gasteiger partial charge on any atom is -0.504 e. The summed E-state index contributed by atoms with van der Waals surface area (Å²) in [6.07, 6.45) is 8.79. The molecule has 1 aromatic carbocycles. The van der Waals surface area contributed by atoms with Crippen LogP contribution in [0.15, 0.2) is 0 Å². The van der Waals surface area contributed by atoms with Crippen LogP contribution in [-0.4, -0.2) is 16.8 Å². The van der Waals surface area contributed by atoms with E-state index < -0.39 is 0 Å². The number of ether oxygens (including phenoxy) is 1. The number of benzene rings is 1. The van der Waals surface area contributed by atoms with E-state index in [4.69, 9.17) is 4.74 Å². The molecule has 0 saturated heterocycles.